The van der Waals surface area contributed by atoms with Crippen LogP contribution in [-0.2, 0) is 31.2 Å². The molecule has 0 saturated carbocycles. The van der Waals surface area contributed by atoms with Crippen molar-refractivity contribution in [2.24, 2.45) is 0 Å². The van der Waals surface area contributed by atoms with Crippen LogP contribution in [0.5, 0.6) is 0 Å². The Labute approximate surface area is 228 Å². The summed E-state index contributed by atoms with van der Waals surface area (Å²) in [5.74, 6) is 0.440. The maximum Gasteiger partial charge on any atom is 0.247 e. The van der Waals surface area contributed by atoms with E-state index >= 15 is 0 Å². The van der Waals surface area contributed by atoms with Gasteiger partial charge in [-0.15, -0.1) is 11.3 Å². The Morgan fingerprint density at radius 3 is 2.03 bits per heavy atom. The van der Waals surface area contributed by atoms with Gasteiger partial charge >= 0.3 is 0 Å². The number of nitrogens with zero attached hydrogens (tertiary/aromatic N) is 2. The number of carbonyl (C=O) groups is 1. The molecular formula is C26H37ClN4O4S2. The summed E-state index contributed by atoms with van der Waals surface area (Å²) in [6.07, 6.45) is 0. The number of rotatable bonds is 5. The van der Waals surface area contributed by atoms with Crippen LogP contribution in [0.4, 0.5) is 10.9 Å². The van der Waals surface area contributed by atoms with E-state index in [0.717, 1.165) is 16.3 Å². The van der Waals surface area contributed by atoms with Crippen LogP contribution in [0, 0.1) is 6.92 Å². The molecule has 0 radical (unpaired) electrons. The van der Waals surface area contributed by atoms with E-state index < -0.39 is 20.5 Å². The van der Waals surface area contributed by atoms with E-state index in [1.165, 1.54) is 25.2 Å². The molecule has 0 aliphatic rings. The molecule has 0 saturated heterocycles. The fraction of sp³-hybridized carbons (Fsp3) is 0.500. The van der Waals surface area contributed by atoms with E-state index in [1.807, 2.05) is 27.7 Å². The monoisotopic (exact) mass is 568 g/mol. The molecule has 11 heteroatoms. The number of hydrogen-bond donors (Lipinski definition) is 2. The van der Waals surface area contributed by atoms with Crippen LogP contribution in [0.1, 0.15) is 77.3 Å². The Bertz CT molecular complexity index is 1330. The molecule has 0 aliphatic carbocycles. The molecule has 204 valence electrons. The first kappa shape index (κ1) is 30.8. The van der Waals surface area contributed by atoms with Crippen molar-refractivity contribution in [3.63, 3.8) is 0 Å². The van der Waals surface area contributed by atoms with Crippen molar-refractivity contribution < 1.29 is 17.7 Å². The van der Waals surface area contributed by atoms with Crippen LogP contribution in [0.2, 0.25) is 5.02 Å². The van der Waals surface area contributed by atoms with Crippen molar-refractivity contribution in [2.75, 3.05) is 11.1 Å². The van der Waals surface area contributed by atoms with Crippen LogP contribution < -0.4 is 11.1 Å². The Morgan fingerprint density at radius 1 is 1.05 bits per heavy atom. The van der Waals surface area contributed by atoms with E-state index in [9.17, 15) is 13.2 Å². The van der Waals surface area contributed by atoms with Crippen LogP contribution in [0.3, 0.4) is 0 Å². The number of amides is 1. The first-order valence-corrected chi connectivity index (χ1v) is 14.6. The number of nitrogen functional groups attached to an aromatic ring is 1. The Morgan fingerprint density at radius 2 is 1.62 bits per heavy atom. The molecule has 0 atom stereocenters. The number of aryl methyl sites for hydroxylation is 1. The Hall–Kier alpha value is -2.43. The van der Waals surface area contributed by atoms with Crippen molar-refractivity contribution in [3.8, 4) is 0 Å². The SMILES string of the molecule is CC(C)(C)c1cc(N)no1.Cc1nc(NC(=O)C(C)(C)S(=O)(=O)Cc2ccc(Cl)cc2)sc1C(C)(C)C. The number of thiazole rings is 1. The molecular weight excluding hydrogens is 532 g/mol. The van der Waals surface area contributed by atoms with E-state index in [0.29, 0.717) is 21.5 Å². The number of sulfone groups is 1. The summed E-state index contributed by atoms with van der Waals surface area (Å²) in [4.78, 5) is 18.2. The second kappa shape index (κ2) is 11.1. The second-order valence-corrected chi connectivity index (χ2v) is 15.4. The molecule has 3 rings (SSSR count). The molecule has 3 N–H and O–H groups in total. The maximum absolute atomic E-state index is 12.9. The lowest BCUT2D eigenvalue weighted by Gasteiger charge is -2.23. The zero-order valence-corrected chi connectivity index (χ0v) is 25.3. The van der Waals surface area contributed by atoms with Crippen molar-refractivity contribution in [3.05, 3.63) is 57.2 Å². The standard InChI is InChI=1S/C19H25ClN2O3S2.C7H12N2O/c1-12-15(18(2,3)4)26-17(21-12)22-16(23)19(5,6)27(24,25)11-13-7-9-14(20)10-8-13;1-7(2,3)5-4-6(8)9-10-5/h7-10H,11H2,1-6H3,(H,21,22,23);4H,1-3H3,(H2,8,9). The highest BCUT2D eigenvalue weighted by Crippen LogP contribution is 2.34. The van der Waals surface area contributed by atoms with Crippen molar-refractivity contribution in [1.82, 2.24) is 10.1 Å². The van der Waals surface area contributed by atoms with Gasteiger partial charge in [-0.2, -0.15) is 0 Å². The molecule has 0 unspecified atom stereocenters. The number of benzene rings is 1. The lowest BCUT2D eigenvalue weighted by atomic mass is 9.93. The number of carbonyl (C=O) groups excluding carboxylic acids is 1. The predicted molar refractivity (Wildman–Crippen MR) is 152 cm³/mol. The molecule has 0 bridgehead atoms. The third-order valence-electron chi connectivity index (χ3n) is 5.56. The molecule has 0 spiro atoms. The molecule has 3 aromatic rings. The molecule has 1 amide bonds. The second-order valence-electron chi connectivity index (χ2n) is 11.4. The molecule has 2 heterocycles. The van der Waals surface area contributed by atoms with Gasteiger partial charge in [0.25, 0.3) is 0 Å². The summed E-state index contributed by atoms with van der Waals surface area (Å²) in [7, 11) is -3.76. The first-order valence-electron chi connectivity index (χ1n) is 11.7. The average Bonchev–Trinajstić information content (AvgIpc) is 3.35. The van der Waals surface area contributed by atoms with Gasteiger partial charge in [0.1, 0.15) is 10.5 Å². The third-order valence-corrected chi connectivity index (χ3v) is 9.76. The molecule has 0 aliphatic heterocycles. The summed E-state index contributed by atoms with van der Waals surface area (Å²) < 4.78 is 29.1. The van der Waals surface area contributed by atoms with E-state index in [-0.39, 0.29) is 16.6 Å². The number of anilines is 2. The minimum absolute atomic E-state index is 0.00458. The first-order chi connectivity index (χ1) is 16.7. The number of nitrogens with one attached hydrogen (secondary N) is 1. The van der Waals surface area contributed by atoms with Gasteiger partial charge in [0.05, 0.1) is 11.4 Å². The summed E-state index contributed by atoms with van der Waals surface area (Å²) in [5, 5.41) is 7.21. The quantitative estimate of drug-likeness (QED) is 0.370. The summed E-state index contributed by atoms with van der Waals surface area (Å²) in [5.41, 5.74) is 6.70. The number of halogens is 1. The smallest absolute Gasteiger partial charge is 0.247 e. The molecule has 1 aromatic carbocycles. The van der Waals surface area contributed by atoms with Crippen LogP contribution in [0.15, 0.2) is 34.9 Å². The number of hydrogen-bond acceptors (Lipinski definition) is 8. The number of aromatic nitrogens is 2. The molecule has 8 nitrogen and oxygen atoms in total. The van der Waals surface area contributed by atoms with Gasteiger partial charge in [0.15, 0.2) is 20.8 Å². The average molecular weight is 569 g/mol. The van der Waals surface area contributed by atoms with Gasteiger partial charge in [-0.25, -0.2) is 13.4 Å². The van der Waals surface area contributed by atoms with Gasteiger partial charge in [-0.3, -0.25) is 4.79 Å². The predicted octanol–water partition coefficient (Wildman–Crippen LogP) is 6.29. The van der Waals surface area contributed by atoms with Crippen LogP contribution in [-0.4, -0.2) is 29.2 Å². The van der Waals surface area contributed by atoms with Crippen molar-refractivity contribution >= 4 is 49.6 Å². The highest BCUT2D eigenvalue weighted by Gasteiger charge is 2.42. The van der Waals surface area contributed by atoms with E-state index in [2.05, 4.69) is 36.2 Å². The van der Waals surface area contributed by atoms with Gasteiger partial charge < -0.3 is 15.6 Å². The summed E-state index contributed by atoms with van der Waals surface area (Å²) in [6, 6.07) is 8.30. The summed E-state index contributed by atoms with van der Waals surface area (Å²) in [6.45, 7) is 17.1. The summed E-state index contributed by atoms with van der Waals surface area (Å²) >= 11 is 7.22. The van der Waals surface area contributed by atoms with Crippen molar-refractivity contribution in [2.45, 2.75) is 83.6 Å². The largest absolute Gasteiger partial charge is 0.381 e. The lowest BCUT2D eigenvalue weighted by molar-refractivity contribution is -0.117. The van der Waals surface area contributed by atoms with Gasteiger partial charge in [0.2, 0.25) is 5.91 Å². The number of nitrogens with two attached hydrogens (primary N) is 1. The fourth-order valence-corrected chi connectivity index (χ4v) is 5.63. The zero-order valence-electron chi connectivity index (χ0n) is 22.9. The fourth-order valence-electron chi connectivity index (χ4n) is 3.16. The molecule has 0 fully saturated rings. The van der Waals surface area contributed by atoms with Gasteiger partial charge in [-0.05, 0) is 43.9 Å². The van der Waals surface area contributed by atoms with Crippen LogP contribution in [0.25, 0.3) is 0 Å². The van der Waals surface area contributed by atoms with E-state index in [1.54, 1.807) is 30.3 Å². The zero-order chi connectivity index (χ0) is 28.4. The minimum atomic E-state index is -3.76. The highest BCUT2D eigenvalue weighted by molar-refractivity contribution is 7.92. The van der Waals surface area contributed by atoms with Crippen molar-refractivity contribution in [1.29, 1.82) is 0 Å². The third kappa shape index (κ3) is 8.02. The Kier molecular flexibility index (Phi) is 9.26. The lowest BCUT2D eigenvalue weighted by Crippen LogP contribution is -2.45. The minimum Gasteiger partial charge on any atom is -0.381 e. The normalized spacial score (nSPS) is 12.6. The van der Waals surface area contributed by atoms with Gasteiger partial charge in [-0.1, -0.05) is 70.4 Å². The maximum atomic E-state index is 12.9. The van der Waals surface area contributed by atoms with E-state index in [4.69, 9.17) is 21.9 Å². The molecule has 2 aromatic heterocycles. The highest BCUT2D eigenvalue weighted by atomic mass is 35.5. The topological polar surface area (TPSA) is 128 Å². The Balaban J connectivity index is 0.000000402. The molecule has 37 heavy (non-hydrogen) atoms. The van der Waals surface area contributed by atoms with Crippen LogP contribution >= 0.6 is 22.9 Å². The van der Waals surface area contributed by atoms with Gasteiger partial charge in [0, 0.05) is 21.4 Å².